The molecule has 2 N–H and O–H groups in total. The fourth-order valence-electron chi connectivity index (χ4n) is 1.54. The van der Waals surface area contributed by atoms with E-state index in [1.165, 1.54) is 0 Å². The first-order valence-electron chi connectivity index (χ1n) is 5.60. The Balaban J connectivity index is 2.06. The van der Waals surface area contributed by atoms with E-state index in [1.54, 1.807) is 0 Å². The molecule has 0 bridgehead atoms. The lowest BCUT2D eigenvalue weighted by molar-refractivity contribution is 0.121. The molecule has 90 valence electrons. The summed E-state index contributed by atoms with van der Waals surface area (Å²) in [7, 11) is 0. The van der Waals surface area contributed by atoms with Gasteiger partial charge < -0.3 is 19.9 Å². The molecule has 0 aromatic carbocycles. The molecule has 16 heavy (non-hydrogen) atoms. The van der Waals surface area contributed by atoms with Gasteiger partial charge in [-0.05, 0) is 11.1 Å². The van der Waals surface area contributed by atoms with E-state index in [-0.39, 0.29) is 12.0 Å². The van der Waals surface area contributed by atoms with Crippen molar-refractivity contribution in [2.45, 2.75) is 19.9 Å². The maximum Gasteiger partial charge on any atom is 0.266 e. The normalized spacial score (nSPS) is 19.1. The second-order valence-electron chi connectivity index (χ2n) is 4.30. The third-order valence-corrected chi connectivity index (χ3v) is 2.73. The highest BCUT2D eigenvalue weighted by Crippen LogP contribution is 2.19. The third kappa shape index (κ3) is 2.33. The standard InChI is InChI=1S/C10H18N4O2/c1-7(2)8(11)9-12-10(13-16-9)14-3-5-15-6-4-14/h7-8H,3-6,11H2,1-2H3/t8-/m0/s1. The van der Waals surface area contributed by atoms with Crippen molar-refractivity contribution in [3.05, 3.63) is 5.89 Å². The van der Waals surface area contributed by atoms with Gasteiger partial charge in [0, 0.05) is 13.1 Å². The van der Waals surface area contributed by atoms with Crippen molar-refractivity contribution in [2.24, 2.45) is 11.7 Å². The zero-order valence-corrected chi connectivity index (χ0v) is 9.72. The summed E-state index contributed by atoms with van der Waals surface area (Å²) in [6.07, 6.45) is 0. The molecule has 1 aliphatic rings. The molecule has 0 saturated carbocycles. The summed E-state index contributed by atoms with van der Waals surface area (Å²) in [5, 5.41) is 3.95. The molecule has 1 saturated heterocycles. The second-order valence-corrected chi connectivity index (χ2v) is 4.30. The van der Waals surface area contributed by atoms with Crippen LogP contribution >= 0.6 is 0 Å². The average Bonchev–Trinajstić information content (AvgIpc) is 2.78. The highest BCUT2D eigenvalue weighted by atomic mass is 16.5. The van der Waals surface area contributed by atoms with Gasteiger partial charge in [0.05, 0.1) is 19.3 Å². The molecule has 0 aliphatic carbocycles. The average molecular weight is 226 g/mol. The Morgan fingerprint density at radius 1 is 1.31 bits per heavy atom. The number of nitrogens with two attached hydrogens (primary N) is 1. The number of morpholine rings is 1. The smallest absolute Gasteiger partial charge is 0.266 e. The number of nitrogens with zero attached hydrogens (tertiary/aromatic N) is 3. The molecule has 1 atom stereocenters. The van der Waals surface area contributed by atoms with Crippen LogP contribution in [0.15, 0.2) is 4.52 Å². The molecule has 0 radical (unpaired) electrons. The van der Waals surface area contributed by atoms with Gasteiger partial charge in [0.2, 0.25) is 5.89 Å². The number of hydrogen-bond donors (Lipinski definition) is 1. The second kappa shape index (κ2) is 4.80. The first-order valence-corrected chi connectivity index (χ1v) is 5.60. The molecule has 1 aromatic heterocycles. The van der Waals surface area contributed by atoms with E-state index >= 15 is 0 Å². The largest absolute Gasteiger partial charge is 0.378 e. The summed E-state index contributed by atoms with van der Waals surface area (Å²) < 4.78 is 10.4. The van der Waals surface area contributed by atoms with Crippen LogP contribution in [0.4, 0.5) is 5.95 Å². The Kier molecular flexibility index (Phi) is 3.40. The van der Waals surface area contributed by atoms with Gasteiger partial charge in [0.25, 0.3) is 5.95 Å². The van der Waals surface area contributed by atoms with Crippen LogP contribution in [0.3, 0.4) is 0 Å². The van der Waals surface area contributed by atoms with E-state index in [0.29, 0.717) is 25.1 Å². The summed E-state index contributed by atoms with van der Waals surface area (Å²) in [5.41, 5.74) is 5.94. The zero-order valence-electron chi connectivity index (χ0n) is 9.72. The topological polar surface area (TPSA) is 77.4 Å². The number of hydrogen-bond acceptors (Lipinski definition) is 6. The van der Waals surface area contributed by atoms with Crippen LogP contribution < -0.4 is 10.6 Å². The van der Waals surface area contributed by atoms with Gasteiger partial charge in [-0.2, -0.15) is 4.98 Å². The van der Waals surface area contributed by atoms with E-state index in [4.69, 9.17) is 15.0 Å². The molecule has 1 fully saturated rings. The maximum absolute atomic E-state index is 5.94. The lowest BCUT2D eigenvalue weighted by Gasteiger charge is -2.24. The Labute approximate surface area is 94.7 Å². The van der Waals surface area contributed by atoms with Gasteiger partial charge in [0.15, 0.2) is 0 Å². The fraction of sp³-hybridized carbons (Fsp3) is 0.800. The van der Waals surface area contributed by atoms with Crippen LogP contribution in [0.2, 0.25) is 0 Å². The molecular formula is C10H18N4O2. The Bertz CT molecular complexity index is 333. The number of aromatic nitrogens is 2. The van der Waals surface area contributed by atoms with Gasteiger partial charge in [-0.15, -0.1) is 0 Å². The molecule has 1 aliphatic heterocycles. The van der Waals surface area contributed by atoms with Gasteiger partial charge in [0.1, 0.15) is 0 Å². The highest BCUT2D eigenvalue weighted by Gasteiger charge is 2.21. The van der Waals surface area contributed by atoms with Crippen molar-refractivity contribution in [1.29, 1.82) is 0 Å². The minimum absolute atomic E-state index is 0.192. The monoisotopic (exact) mass is 226 g/mol. The minimum atomic E-state index is -0.192. The van der Waals surface area contributed by atoms with Crippen molar-refractivity contribution >= 4 is 5.95 Å². The zero-order chi connectivity index (χ0) is 11.5. The van der Waals surface area contributed by atoms with Crippen molar-refractivity contribution in [1.82, 2.24) is 10.1 Å². The van der Waals surface area contributed by atoms with E-state index in [9.17, 15) is 0 Å². The summed E-state index contributed by atoms with van der Waals surface area (Å²) in [4.78, 5) is 6.37. The van der Waals surface area contributed by atoms with Crippen LogP contribution in [0.5, 0.6) is 0 Å². The van der Waals surface area contributed by atoms with Crippen LogP contribution in [0.1, 0.15) is 25.8 Å². The molecular weight excluding hydrogens is 208 g/mol. The van der Waals surface area contributed by atoms with Crippen LogP contribution in [-0.4, -0.2) is 36.4 Å². The van der Waals surface area contributed by atoms with Crippen LogP contribution in [0.25, 0.3) is 0 Å². The van der Waals surface area contributed by atoms with Gasteiger partial charge >= 0.3 is 0 Å². The van der Waals surface area contributed by atoms with Crippen molar-refractivity contribution in [3.63, 3.8) is 0 Å². The lowest BCUT2D eigenvalue weighted by atomic mass is 10.1. The van der Waals surface area contributed by atoms with Crippen molar-refractivity contribution < 1.29 is 9.26 Å². The minimum Gasteiger partial charge on any atom is -0.378 e. The van der Waals surface area contributed by atoms with Crippen molar-refractivity contribution in [3.8, 4) is 0 Å². The highest BCUT2D eigenvalue weighted by molar-refractivity contribution is 5.28. The summed E-state index contributed by atoms with van der Waals surface area (Å²) in [6.45, 7) is 7.08. The fourth-order valence-corrected chi connectivity index (χ4v) is 1.54. The predicted molar refractivity (Wildman–Crippen MR) is 59.1 cm³/mol. The lowest BCUT2D eigenvalue weighted by Crippen LogP contribution is -2.36. The molecule has 6 heteroatoms. The molecule has 2 rings (SSSR count). The first-order chi connectivity index (χ1) is 7.68. The Hall–Kier alpha value is -1.14. The molecule has 2 heterocycles. The van der Waals surface area contributed by atoms with E-state index in [0.717, 1.165) is 13.1 Å². The quantitative estimate of drug-likeness (QED) is 0.811. The maximum atomic E-state index is 5.94. The number of anilines is 1. The SMILES string of the molecule is CC(C)[C@H](N)c1nc(N2CCOCC2)no1. The van der Waals surface area contributed by atoms with Crippen LogP contribution in [-0.2, 0) is 4.74 Å². The molecule has 6 nitrogen and oxygen atoms in total. The van der Waals surface area contributed by atoms with Gasteiger partial charge in [-0.3, -0.25) is 0 Å². The summed E-state index contributed by atoms with van der Waals surface area (Å²) >= 11 is 0. The predicted octanol–water partition coefficient (Wildman–Crippen LogP) is 0.562. The summed E-state index contributed by atoms with van der Waals surface area (Å²) in [6, 6.07) is -0.192. The first kappa shape index (κ1) is 11.3. The number of ether oxygens (including phenoxy) is 1. The molecule has 1 aromatic rings. The molecule has 0 unspecified atom stereocenters. The van der Waals surface area contributed by atoms with Gasteiger partial charge in [-0.1, -0.05) is 13.8 Å². The van der Waals surface area contributed by atoms with E-state index < -0.39 is 0 Å². The Morgan fingerprint density at radius 2 is 2.00 bits per heavy atom. The Morgan fingerprint density at radius 3 is 2.62 bits per heavy atom. The van der Waals surface area contributed by atoms with E-state index in [2.05, 4.69) is 10.1 Å². The number of rotatable bonds is 3. The third-order valence-electron chi connectivity index (χ3n) is 2.73. The van der Waals surface area contributed by atoms with Gasteiger partial charge in [-0.25, -0.2) is 0 Å². The molecule has 0 spiro atoms. The van der Waals surface area contributed by atoms with Crippen molar-refractivity contribution in [2.75, 3.05) is 31.2 Å². The van der Waals surface area contributed by atoms with Crippen LogP contribution in [0, 0.1) is 5.92 Å². The molecule has 0 amide bonds. The van der Waals surface area contributed by atoms with E-state index in [1.807, 2.05) is 18.7 Å². The summed E-state index contributed by atoms with van der Waals surface area (Å²) in [5.74, 6) is 1.42.